The number of halogens is 1. The Morgan fingerprint density at radius 1 is 1.15 bits per heavy atom. The molecule has 0 aliphatic carbocycles. The summed E-state index contributed by atoms with van der Waals surface area (Å²) in [6.07, 6.45) is 2.30. The minimum absolute atomic E-state index is 0.0138. The lowest BCUT2D eigenvalue weighted by Gasteiger charge is -2.32. The predicted molar refractivity (Wildman–Crippen MR) is 185 cm³/mol. The number of ether oxygens (including phenoxy) is 2. The summed E-state index contributed by atoms with van der Waals surface area (Å²) in [5.41, 5.74) is 2.38. The summed E-state index contributed by atoms with van der Waals surface area (Å²) < 4.78 is 13.8. The summed E-state index contributed by atoms with van der Waals surface area (Å²) in [4.78, 5) is 41.0. The third-order valence-corrected chi connectivity index (χ3v) is 12.2. The van der Waals surface area contributed by atoms with Crippen LogP contribution in [0.2, 0.25) is 23.7 Å². The molecule has 0 bridgehead atoms. The monoisotopic (exact) mass is 689 g/mol. The van der Waals surface area contributed by atoms with Crippen molar-refractivity contribution in [2.75, 3.05) is 23.9 Å². The molecule has 1 aromatic heterocycles. The van der Waals surface area contributed by atoms with Crippen LogP contribution in [-0.4, -0.2) is 64.8 Å². The van der Waals surface area contributed by atoms with Gasteiger partial charge in [-0.2, -0.15) is 0 Å². The van der Waals surface area contributed by atoms with Gasteiger partial charge in [-0.1, -0.05) is 35.9 Å². The molecule has 3 N–H and O–H groups in total. The minimum atomic E-state index is -2.86. The first-order chi connectivity index (χ1) is 22.9. The third-order valence-electron chi connectivity index (χ3n) is 9.42. The number of carbonyl (C=O) groups is 2. The second-order valence-corrected chi connectivity index (χ2v) is 17.4. The lowest BCUT2D eigenvalue weighted by atomic mass is 9.82. The van der Waals surface area contributed by atoms with Gasteiger partial charge in [0.05, 0.1) is 31.1 Å². The van der Waals surface area contributed by atoms with E-state index in [0.717, 1.165) is 5.56 Å². The van der Waals surface area contributed by atoms with E-state index < -0.39 is 20.0 Å². The van der Waals surface area contributed by atoms with Crippen molar-refractivity contribution in [1.82, 2.24) is 15.0 Å². The highest BCUT2D eigenvalue weighted by Crippen LogP contribution is 2.60. The summed E-state index contributed by atoms with van der Waals surface area (Å²) in [6.45, 7) is 6.47. The van der Waals surface area contributed by atoms with Crippen molar-refractivity contribution in [3.8, 4) is 5.75 Å². The molecule has 4 atom stereocenters. The average Bonchev–Trinajstić information content (AvgIpc) is 3.70. The number of aliphatic hydroxyl groups is 1. The molecule has 0 saturated carbocycles. The van der Waals surface area contributed by atoms with E-state index in [4.69, 9.17) is 21.1 Å². The highest BCUT2D eigenvalue weighted by molar-refractivity contribution is 6.71. The van der Waals surface area contributed by atoms with E-state index >= 15 is 0 Å². The Kier molecular flexibility index (Phi) is 9.47. The van der Waals surface area contributed by atoms with Gasteiger partial charge in [0.1, 0.15) is 5.75 Å². The maximum absolute atomic E-state index is 14.7. The quantitative estimate of drug-likeness (QED) is 0.184. The number of methoxy groups -OCH3 is 1. The van der Waals surface area contributed by atoms with Gasteiger partial charge in [-0.05, 0) is 79.7 Å². The summed E-state index contributed by atoms with van der Waals surface area (Å²) in [5, 5.41) is 21.0. The Balaban J connectivity index is 1.27. The number of amides is 2. The van der Waals surface area contributed by atoms with Crippen LogP contribution in [0.15, 0.2) is 72.9 Å². The maximum atomic E-state index is 14.7. The summed E-state index contributed by atoms with van der Waals surface area (Å²) in [7, 11) is -1.29. The van der Waals surface area contributed by atoms with Gasteiger partial charge >= 0.3 is 0 Å². The van der Waals surface area contributed by atoms with Gasteiger partial charge in [-0.15, -0.1) is 5.10 Å². The van der Waals surface area contributed by atoms with E-state index in [1.165, 1.54) is 0 Å². The molecule has 1 fully saturated rings. The molecule has 4 aromatic rings. The summed E-state index contributed by atoms with van der Waals surface area (Å²) >= 11 is 6.55. The number of nitrogens with one attached hydrogen (secondary N) is 1. The third kappa shape index (κ3) is 6.38. The van der Waals surface area contributed by atoms with Crippen LogP contribution in [0.1, 0.15) is 40.5 Å². The fourth-order valence-corrected chi connectivity index (χ4v) is 10.1. The number of nitrogens with zero attached hydrogens (tertiary/aromatic N) is 4. The van der Waals surface area contributed by atoms with Gasteiger partial charge in [0.25, 0.3) is 11.8 Å². The first kappa shape index (κ1) is 33.8. The molecular weight excluding hydrogens is 650 g/mol. The van der Waals surface area contributed by atoms with Crippen LogP contribution >= 0.6 is 11.6 Å². The number of carbonyl (C=O) groups excluding carboxylic acids is 2. The Bertz CT molecular complexity index is 1810. The van der Waals surface area contributed by atoms with Crippen molar-refractivity contribution >= 4 is 43.1 Å². The van der Waals surface area contributed by atoms with Crippen molar-refractivity contribution < 1.29 is 29.0 Å². The SMILES string of the molecule is COc1ccc(C(=O)Nc2cccc(CN3C(=O)[C@]4(O[C@H](CCn5cc(CCO)nn5)[C@@H]([Si](C)(C)O)[C@@H]4C)c4cc(Cl)ccc43)c2)cc1. The number of anilines is 2. The molecular formula is C35H40ClN5O6Si. The minimum Gasteiger partial charge on any atom is -0.497 e. The highest BCUT2D eigenvalue weighted by Gasteiger charge is 2.66. The Morgan fingerprint density at radius 2 is 1.92 bits per heavy atom. The first-order valence-electron chi connectivity index (χ1n) is 16.0. The van der Waals surface area contributed by atoms with Crippen molar-refractivity contribution in [2.45, 2.75) is 63.2 Å². The molecule has 13 heteroatoms. The molecule has 0 radical (unpaired) electrons. The van der Waals surface area contributed by atoms with Crippen molar-refractivity contribution in [1.29, 1.82) is 0 Å². The Morgan fingerprint density at radius 3 is 2.62 bits per heavy atom. The largest absolute Gasteiger partial charge is 0.497 e. The zero-order chi connectivity index (χ0) is 34.2. The molecule has 11 nitrogen and oxygen atoms in total. The van der Waals surface area contributed by atoms with Gasteiger partial charge in [0, 0.05) is 59.1 Å². The van der Waals surface area contributed by atoms with E-state index in [0.29, 0.717) is 58.4 Å². The second-order valence-electron chi connectivity index (χ2n) is 13.0. The summed E-state index contributed by atoms with van der Waals surface area (Å²) in [5.74, 6) is -0.159. The number of rotatable bonds is 11. The zero-order valence-corrected chi connectivity index (χ0v) is 29.1. The number of hydrogen-bond acceptors (Lipinski definition) is 8. The molecule has 3 heterocycles. The zero-order valence-electron chi connectivity index (χ0n) is 27.4. The summed E-state index contributed by atoms with van der Waals surface area (Å²) in [6, 6.07) is 19.7. The van der Waals surface area contributed by atoms with Crippen LogP contribution < -0.4 is 15.0 Å². The molecule has 48 heavy (non-hydrogen) atoms. The second kappa shape index (κ2) is 13.4. The number of aromatic nitrogens is 3. The fourth-order valence-electron chi connectivity index (χ4n) is 7.29. The van der Waals surface area contributed by atoms with Crippen molar-refractivity contribution in [2.24, 2.45) is 5.92 Å². The van der Waals surface area contributed by atoms with Crippen LogP contribution in [0.5, 0.6) is 5.75 Å². The number of aryl methyl sites for hydroxylation is 1. The van der Waals surface area contributed by atoms with Crippen LogP contribution in [0.25, 0.3) is 0 Å². The smallest absolute Gasteiger partial charge is 0.264 e. The van der Waals surface area contributed by atoms with Gasteiger partial charge in [-0.3, -0.25) is 14.3 Å². The molecule has 1 spiro atoms. The standard InChI is InChI=1S/C35H40ClN5O6Si/c1-22-32(48(3,4)45)31(14-16-40-21-27(15-17-42)38-39-40)47-35(22)29-19-25(36)10-13-30(29)41(34(35)44)20-23-6-5-7-26(18-23)37-33(43)24-8-11-28(46-2)12-9-24/h5-13,18-19,21-22,31-32,42,45H,14-17,20H2,1-4H3,(H,37,43)/t22-,31+,32-,35+/m0/s1. The Hall–Kier alpha value is -4.07. The lowest BCUT2D eigenvalue weighted by molar-refractivity contribution is -0.146. The van der Waals surface area contributed by atoms with Gasteiger partial charge < -0.3 is 29.6 Å². The molecule has 2 aliphatic rings. The van der Waals surface area contributed by atoms with E-state index in [1.54, 1.807) is 65.4 Å². The van der Waals surface area contributed by atoms with E-state index in [-0.39, 0.29) is 36.4 Å². The maximum Gasteiger partial charge on any atom is 0.264 e. The van der Waals surface area contributed by atoms with Crippen molar-refractivity contribution in [3.63, 3.8) is 0 Å². The molecule has 0 unspecified atom stereocenters. The number of aliphatic hydroxyl groups excluding tert-OH is 1. The first-order valence-corrected chi connectivity index (χ1v) is 19.4. The number of hydrogen-bond donors (Lipinski definition) is 3. The van der Waals surface area contributed by atoms with Gasteiger partial charge in [0.2, 0.25) is 0 Å². The normalized spacial score (nSPS) is 21.9. The van der Waals surface area contributed by atoms with Crippen LogP contribution in [0.3, 0.4) is 0 Å². The molecule has 252 valence electrons. The molecule has 3 aromatic carbocycles. The van der Waals surface area contributed by atoms with E-state index in [9.17, 15) is 19.5 Å². The molecule has 6 rings (SSSR count). The number of benzene rings is 3. The van der Waals surface area contributed by atoms with Crippen LogP contribution in [-0.2, 0) is 34.6 Å². The van der Waals surface area contributed by atoms with Gasteiger partial charge in [0.15, 0.2) is 13.9 Å². The van der Waals surface area contributed by atoms with E-state index in [1.807, 2.05) is 44.3 Å². The molecule has 1 saturated heterocycles. The predicted octanol–water partition coefficient (Wildman–Crippen LogP) is 5.16. The van der Waals surface area contributed by atoms with Crippen LogP contribution in [0, 0.1) is 5.92 Å². The lowest BCUT2D eigenvalue weighted by Crippen LogP contribution is -2.46. The molecule has 2 amide bonds. The number of fused-ring (bicyclic) bond motifs is 2. The van der Waals surface area contributed by atoms with Gasteiger partial charge in [-0.25, -0.2) is 0 Å². The average molecular weight is 690 g/mol. The fraction of sp³-hybridized carbons (Fsp3) is 0.371. The van der Waals surface area contributed by atoms with Crippen LogP contribution in [0.4, 0.5) is 11.4 Å². The molecule has 2 aliphatic heterocycles. The highest BCUT2D eigenvalue weighted by atomic mass is 35.5. The topological polar surface area (TPSA) is 139 Å². The van der Waals surface area contributed by atoms with E-state index in [2.05, 4.69) is 15.6 Å². The van der Waals surface area contributed by atoms with Crippen molar-refractivity contribution in [3.05, 3.63) is 100 Å². The Labute approximate surface area is 285 Å².